The molecule has 1 saturated heterocycles. The number of likely N-dealkylation sites (tertiary alicyclic amines) is 1. The van der Waals surface area contributed by atoms with E-state index in [0.717, 1.165) is 22.0 Å². The van der Waals surface area contributed by atoms with Crippen molar-refractivity contribution in [1.29, 1.82) is 0 Å². The Morgan fingerprint density at radius 2 is 2.00 bits per heavy atom. The van der Waals surface area contributed by atoms with Gasteiger partial charge >= 0.3 is 6.09 Å². The van der Waals surface area contributed by atoms with Gasteiger partial charge in [0.15, 0.2) is 5.82 Å². The number of hydrogen-bond acceptors (Lipinski definition) is 8. The van der Waals surface area contributed by atoms with Gasteiger partial charge in [0.2, 0.25) is 0 Å². The predicted octanol–water partition coefficient (Wildman–Crippen LogP) is 6.43. The molecule has 4 rings (SSSR count). The quantitative estimate of drug-likeness (QED) is 0.285. The van der Waals surface area contributed by atoms with Gasteiger partial charge in [-0.3, -0.25) is 0 Å². The minimum Gasteiger partial charge on any atom is -0.497 e. The molecule has 2 aromatic carbocycles. The van der Waals surface area contributed by atoms with Gasteiger partial charge in [-0.15, -0.1) is 11.3 Å². The van der Waals surface area contributed by atoms with Crippen molar-refractivity contribution in [1.82, 2.24) is 9.88 Å². The molecule has 3 aromatic rings. The highest BCUT2D eigenvalue weighted by Gasteiger charge is 2.40. The third-order valence-corrected chi connectivity index (χ3v) is 9.17. The smallest absolute Gasteiger partial charge is 0.410 e. The molecule has 1 atom stereocenters. The van der Waals surface area contributed by atoms with Crippen LogP contribution in [0.1, 0.15) is 45.2 Å². The Labute approximate surface area is 248 Å². The van der Waals surface area contributed by atoms with Crippen LogP contribution in [0.5, 0.6) is 11.5 Å². The largest absolute Gasteiger partial charge is 0.497 e. The molecule has 1 unspecified atom stereocenters. The summed E-state index contributed by atoms with van der Waals surface area (Å²) < 4.78 is 61.1. The highest BCUT2D eigenvalue weighted by molar-refractivity contribution is 7.92. The molecule has 1 aromatic heterocycles. The molecule has 1 aliphatic heterocycles. The minimum absolute atomic E-state index is 0.0251. The van der Waals surface area contributed by atoms with Crippen molar-refractivity contribution in [3.8, 4) is 11.5 Å². The fraction of sp³-hybridized carbons (Fsp3) is 0.429. The Balaban J connectivity index is 1.60. The van der Waals surface area contributed by atoms with Crippen LogP contribution in [0.2, 0.25) is 5.02 Å². The normalized spacial score (nSPS) is 17.4. The standard InChI is InChI=1S/C28H33ClFN3O6S2/c1-18-11-20(37-6)8-7-19(18)14-33(25-15-40-17-31-25)41(35,36)24-12-21(29)23(13-22(24)30)38-28(5)9-10-32(16-28)26(34)39-27(2,3)4/h7-8,11-13,15,17H,9-10,14,16H2,1-6H3. The lowest BCUT2D eigenvalue weighted by Gasteiger charge is -2.28. The van der Waals surface area contributed by atoms with Crippen molar-refractivity contribution < 1.29 is 31.8 Å². The average Bonchev–Trinajstić information content (AvgIpc) is 3.54. The molecule has 2 heterocycles. The number of rotatable bonds is 8. The molecule has 41 heavy (non-hydrogen) atoms. The molecule has 1 aliphatic rings. The number of hydrogen-bond donors (Lipinski definition) is 0. The summed E-state index contributed by atoms with van der Waals surface area (Å²) in [5.41, 5.74) is 1.46. The van der Waals surface area contributed by atoms with Crippen LogP contribution >= 0.6 is 22.9 Å². The molecule has 1 amide bonds. The van der Waals surface area contributed by atoms with Crippen LogP contribution in [0.15, 0.2) is 46.1 Å². The second kappa shape index (κ2) is 11.7. The summed E-state index contributed by atoms with van der Waals surface area (Å²) >= 11 is 7.69. The van der Waals surface area contributed by atoms with E-state index in [4.69, 9.17) is 25.8 Å². The summed E-state index contributed by atoms with van der Waals surface area (Å²) in [5, 5.41) is 1.49. The van der Waals surface area contributed by atoms with E-state index in [1.807, 2.05) is 6.92 Å². The maximum atomic E-state index is 15.6. The van der Waals surface area contributed by atoms with Gasteiger partial charge in [-0.05, 0) is 63.9 Å². The lowest BCUT2D eigenvalue weighted by molar-refractivity contribution is 0.0228. The van der Waals surface area contributed by atoms with Crippen molar-refractivity contribution in [2.45, 2.75) is 63.7 Å². The fourth-order valence-electron chi connectivity index (χ4n) is 4.42. The number of carbonyl (C=O) groups is 1. The van der Waals surface area contributed by atoms with E-state index in [2.05, 4.69) is 4.98 Å². The Bertz CT molecular complexity index is 1530. The second-order valence-corrected chi connectivity index (χ2v) is 14.0. The van der Waals surface area contributed by atoms with Crippen LogP contribution in [-0.2, 0) is 21.3 Å². The van der Waals surface area contributed by atoms with E-state index in [0.29, 0.717) is 24.3 Å². The summed E-state index contributed by atoms with van der Waals surface area (Å²) in [6.45, 7) is 9.44. The third-order valence-electron chi connectivity index (χ3n) is 6.54. The fourth-order valence-corrected chi connectivity index (χ4v) is 6.75. The molecule has 0 radical (unpaired) electrons. The third kappa shape index (κ3) is 7.04. The molecule has 0 saturated carbocycles. The zero-order chi connectivity index (χ0) is 30.2. The molecule has 0 N–H and O–H groups in total. The van der Waals surface area contributed by atoms with Crippen molar-refractivity contribution in [3.63, 3.8) is 0 Å². The number of thiazole rings is 1. The summed E-state index contributed by atoms with van der Waals surface area (Å²) in [7, 11) is -2.90. The van der Waals surface area contributed by atoms with Crippen molar-refractivity contribution in [2.24, 2.45) is 0 Å². The molecule has 1 fully saturated rings. The van der Waals surface area contributed by atoms with Crippen LogP contribution in [0.3, 0.4) is 0 Å². The Kier molecular flexibility index (Phi) is 8.77. The number of methoxy groups -OCH3 is 1. The summed E-state index contributed by atoms with van der Waals surface area (Å²) in [4.78, 5) is 17.6. The SMILES string of the molecule is COc1ccc(CN(c2cscn2)S(=O)(=O)c2cc(Cl)c(OC3(C)CCN(C(=O)OC(C)(C)C)C3)cc2F)c(C)c1. The van der Waals surface area contributed by atoms with Crippen LogP contribution in [0.4, 0.5) is 15.0 Å². The highest BCUT2D eigenvalue weighted by atomic mass is 35.5. The van der Waals surface area contributed by atoms with E-state index in [1.165, 1.54) is 21.7 Å². The lowest BCUT2D eigenvalue weighted by Crippen LogP contribution is -2.40. The zero-order valence-electron chi connectivity index (χ0n) is 23.7. The summed E-state index contributed by atoms with van der Waals surface area (Å²) in [6, 6.07) is 7.29. The number of nitrogens with zero attached hydrogens (tertiary/aromatic N) is 3. The van der Waals surface area contributed by atoms with Crippen molar-refractivity contribution in [2.75, 3.05) is 24.5 Å². The first-order valence-electron chi connectivity index (χ1n) is 12.8. The van der Waals surface area contributed by atoms with Gasteiger partial charge in [0, 0.05) is 24.4 Å². The number of carbonyl (C=O) groups excluding carboxylic acids is 1. The zero-order valence-corrected chi connectivity index (χ0v) is 26.1. The van der Waals surface area contributed by atoms with E-state index < -0.39 is 38.0 Å². The number of ether oxygens (including phenoxy) is 3. The molecule has 9 nitrogen and oxygen atoms in total. The van der Waals surface area contributed by atoms with Gasteiger partial charge in [0.25, 0.3) is 10.0 Å². The maximum absolute atomic E-state index is 15.6. The van der Waals surface area contributed by atoms with Gasteiger partial charge in [0.05, 0.1) is 30.7 Å². The molecule has 0 aliphatic carbocycles. The number of amides is 1. The van der Waals surface area contributed by atoms with Crippen molar-refractivity contribution >= 4 is 44.9 Å². The molecule has 0 bridgehead atoms. The van der Waals surface area contributed by atoms with Crippen LogP contribution in [0, 0.1) is 12.7 Å². The van der Waals surface area contributed by atoms with E-state index >= 15 is 4.39 Å². The average molecular weight is 626 g/mol. The van der Waals surface area contributed by atoms with E-state index in [1.54, 1.807) is 58.4 Å². The van der Waals surface area contributed by atoms with Crippen LogP contribution in [0.25, 0.3) is 0 Å². The van der Waals surface area contributed by atoms with Crippen LogP contribution in [-0.4, -0.2) is 55.8 Å². The van der Waals surface area contributed by atoms with E-state index in [9.17, 15) is 13.2 Å². The van der Waals surface area contributed by atoms with Gasteiger partial charge in [0.1, 0.15) is 33.4 Å². The van der Waals surface area contributed by atoms with Gasteiger partial charge in [-0.2, -0.15) is 0 Å². The number of halogens is 2. The van der Waals surface area contributed by atoms with Gasteiger partial charge in [-0.1, -0.05) is 17.7 Å². The number of benzene rings is 2. The number of aryl methyl sites for hydroxylation is 1. The topological polar surface area (TPSA) is 98.3 Å². The Morgan fingerprint density at radius 3 is 2.61 bits per heavy atom. The van der Waals surface area contributed by atoms with E-state index in [-0.39, 0.29) is 29.7 Å². The monoisotopic (exact) mass is 625 g/mol. The van der Waals surface area contributed by atoms with Gasteiger partial charge < -0.3 is 19.1 Å². The lowest BCUT2D eigenvalue weighted by atomic mass is 10.1. The molecular formula is C28H33ClFN3O6S2. The van der Waals surface area contributed by atoms with Gasteiger partial charge in [-0.25, -0.2) is 26.9 Å². The molecule has 13 heteroatoms. The predicted molar refractivity (Wildman–Crippen MR) is 156 cm³/mol. The first kappa shape index (κ1) is 30.9. The van der Waals surface area contributed by atoms with Crippen LogP contribution < -0.4 is 13.8 Å². The number of sulfonamides is 1. The van der Waals surface area contributed by atoms with Crippen molar-refractivity contribution in [3.05, 3.63) is 63.2 Å². The molecular weight excluding hydrogens is 593 g/mol. The highest BCUT2D eigenvalue weighted by Crippen LogP contribution is 2.37. The summed E-state index contributed by atoms with van der Waals surface area (Å²) in [5.74, 6) is -0.265. The first-order chi connectivity index (χ1) is 19.1. The molecule has 0 spiro atoms. The number of aromatic nitrogens is 1. The first-order valence-corrected chi connectivity index (χ1v) is 15.6. The Hall–Kier alpha value is -3.09. The second-order valence-electron chi connectivity index (χ2n) is 11.1. The minimum atomic E-state index is -4.44. The number of anilines is 1. The summed E-state index contributed by atoms with van der Waals surface area (Å²) in [6.07, 6.45) is -0.0268. The Morgan fingerprint density at radius 1 is 1.27 bits per heavy atom. The maximum Gasteiger partial charge on any atom is 0.410 e. The molecule has 222 valence electrons.